The molecule has 1 amide bonds. The van der Waals surface area contributed by atoms with Gasteiger partial charge in [-0.3, -0.25) is 4.79 Å². The molecule has 2 heterocycles. The van der Waals surface area contributed by atoms with Crippen molar-refractivity contribution in [1.29, 1.82) is 0 Å². The molecule has 0 fully saturated rings. The molecule has 0 aliphatic heterocycles. The van der Waals surface area contributed by atoms with Crippen molar-refractivity contribution in [2.75, 3.05) is 0 Å². The van der Waals surface area contributed by atoms with E-state index in [0.29, 0.717) is 11.6 Å². The molecule has 0 aliphatic carbocycles. The molecule has 0 aliphatic rings. The Labute approximate surface area is 140 Å². The molecule has 0 saturated carbocycles. The third kappa shape index (κ3) is 3.22. The number of halogens is 1. The molecule has 1 N–H and O–H groups in total. The lowest BCUT2D eigenvalue weighted by Gasteiger charge is -2.23. The first-order valence-electron chi connectivity index (χ1n) is 7.44. The van der Waals surface area contributed by atoms with Gasteiger partial charge in [0.25, 0.3) is 0 Å². The third-order valence-corrected chi connectivity index (χ3v) is 4.18. The second-order valence-electron chi connectivity index (χ2n) is 6.02. The maximum atomic E-state index is 12.5. The van der Waals surface area contributed by atoms with E-state index in [1.165, 1.54) is 0 Å². The fraction of sp³-hybridized carbons (Fsp3) is 0.222. The summed E-state index contributed by atoms with van der Waals surface area (Å²) in [7, 11) is 0. The van der Waals surface area contributed by atoms with Crippen molar-refractivity contribution in [1.82, 2.24) is 14.7 Å². The van der Waals surface area contributed by atoms with Crippen LogP contribution in [-0.2, 0) is 16.8 Å². The van der Waals surface area contributed by atoms with Gasteiger partial charge in [-0.15, -0.1) is 0 Å². The topological polar surface area (TPSA) is 46.4 Å². The predicted molar refractivity (Wildman–Crippen MR) is 91.5 cm³/mol. The Morgan fingerprint density at radius 1 is 1.17 bits per heavy atom. The summed E-state index contributed by atoms with van der Waals surface area (Å²) in [5.41, 5.74) is 1.99. The predicted octanol–water partition coefficient (Wildman–Crippen LogP) is 3.58. The zero-order valence-corrected chi connectivity index (χ0v) is 13.8. The van der Waals surface area contributed by atoms with Crippen molar-refractivity contribution in [3.05, 3.63) is 71.1 Å². The lowest BCUT2D eigenvalue weighted by atomic mass is 9.84. The minimum Gasteiger partial charge on any atom is -0.350 e. The summed E-state index contributed by atoms with van der Waals surface area (Å²) in [4.78, 5) is 17.0. The first-order valence-corrected chi connectivity index (χ1v) is 7.81. The SMILES string of the molecule is CC(C)(C(=O)NCc1cn2cc(Cl)ccc2n1)c1ccccc1. The number of aromatic nitrogens is 2. The van der Waals surface area contributed by atoms with Crippen LogP contribution < -0.4 is 5.32 Å². The number of carbonyl (C=O) groups is 1. The number of imidazole rings is 1. The van der Waals surface area contributed by atoms with Gasteiger partial charge in [-0.05, 0) is 31.5 Å². The van der Waals surface area contributed by atoms with E-state index in [1.54, 1.807) is 12.3 Å². The highest BCUT2D eigenvalue weighted by Crippen LogP contribution is 2.23. The number of rotatable bonds is 4. The third-order valence-electron chi connectivity index (χ3n) is 3.96. The molecular formula is C18H18ClN3O. The summed E-state index contributed by atoms with van der Waals surface area (Å²) >= 11 is 5.96. The molecule has 5 heteroatoms. The molecular weight excluding hydrogens is 310 g/mol. The summed E-state index contributed by atoms with van der Waals surface area (Å²) in [6.07, 6.45) is 3.67. The van der Waals surface area contributed by atoms with Gasteiger partial charge in [0.1, 0.15) is 5.65 Å². The Bertz CT molecular complexity index is 840. The standard InChI is InChI=1S/C18H18ClN3O/c1-18(2,13-6-4-3-5-7-13)17(23)20-10-15-12-22-11-14(19)8-9-16(22)21-15/h3-9,11-12H,10H2,1-2H3,(H,20,23). The number of amides is 1. The monoisotopic (exact) mass is 327 g/mol. The Morgan fingerprint density at radius 2 is 1.91 bits per heavy atom. The van der Waals surface area contributed by atoms with Crippen LogP contribution in [0.3, 0.4) is 0 Å². The maximum Gasteiger partial charge on any atom is 0.230 e. The number of pyridine rings is 1. The number of benzene rings is 1. The second-order valence-corrected chi connectivity index (χ2v) is 6.46. The van der Waals surface area contributed by atoms with E-state index >= 15 is 0 Å². The van der Waals surface area contributed by atoms with Gasteiger partial charge in [0.05, 0.1) is 22.7 Å². The van der Waals surface area contributed by atoms with E-state index in [0.717, 1.165) is 16.9 Å². The molecule has 23 heavy (non-hydrogen) atoms. The number of carbonyl (C=O) groups excluding carboxylic acids is 1. The minimum absolute atomic E-state index is 0.0289. The molecule has 0 saturated heterocycles. The number of nitrogens with one attached hydrogen (secondary N) is 1. The van der Waals surface area contributed by atoms with Crippen molar-refractivity contribution in [3.63, 3.8) is 0 Å². The van der Waals surface area contributed by atoms with Crippen molar-refractivity contribution < 1.29 is 4.79 Å². The number of hydrogen-bond acceptors (Lipinski definition) is 2. The van der Waals surface area contributed by atoms with Gasteiger partial charge < -0.3 is 9.72 Å². The van der Waals surface area contributed by atoms with Gasteiger partial charge in [-0.2, -0.15) is 0 Å². The molecule has 0 atom stereocenters. The van der Waals surface area contributed by atoms with Crippen LogP contribution in [0.5, 0.6) is 0 Å². The molecule has 0 spiro atoms. The molecule has 3 aromatic rings. The largest absolute Gasteiger partial charge is 0.350 e. The molecule has 0 unspecified atom stereocenters. The van der Waals surface area contributed by atoms with Crippen LogP contribution in [-0.4, -0.2) is 15.3 Å². The van der Waals surface area contributed by atoms with Gasteiger partial charge in [-0.1, -0.05) is 41.9 Å². The van der Waals surface area contributed by atoms with E-state index in [9.17, 15) is 4.79 Å². The first-order chi connectivity index (χ1) is 11.0. The second kappa shape index (κ2) is 6.05. The molecule has 0 radical (unpaired) electrons. The van der Waals surface area contributed by atoms with Crippen molar-refractivity contribution in [2.24, 2.45) is 0 Å². The lowest BCUT2D eigenvalue weighted by Crippen LogP contribution is -2.39. The quantitative estimate of drug-likeness (QED) is 0.796. The molecule has 1 aromatic carbocycles. The van der Waals surface area contributed by atoms with E-state index in [-0.39, 0.29) is 5.91 Å². The Morgan fingerprint density at radius 3 is 2.65 bits per heavy atom. The van der Waals surface area contributed by atoms with Crippen LogP contribution in [0.1, 0.15) is 25.1 Å². The van der Waals surface area contributed by atoms with E-state index in [1.807, 2.05) is 60.8 Å². The highest BCUT2D eigenvalue weighted by atomic mass is 35.5. The average Bonchev–Trinajstić information content (AvgIpc) is 2.95. The van der Waals surface area contributed by atoms with Gasteiger partial charge in [0, 0.05) is 12.4 Å². The van der Waals surface area contributed by atoms with Gasteiger partial charge >= 0.3 is 0 Å². The zero-order valence-electron chi connectivity index (χ0n) is 13.1. The van der Waals surface area contributed by atoms with E-state index < -0.39 is 5.41 Å². The summed E-state index contributed by atoms with van der Waals surface area (Å²) in [6, 6.07) is 13.4. The van der Waals surface area contributed by atoms with E-state index in [4.69, 9.17) is 11.6 Å². The Hall–Kier alpha value is -2.33. The number of fused-ring (bicyclic) bond motifs is 1. The molecule has 118 valence electrons. The Balaban J connectivity index is 1.72. The zero-order chi connectivity index (χ0) is 16.4. The lowest BCUT2D eigenvalue weighted by molar-refractivity contribution is -0.125. The smallest absolute Gasteiger partial charge is 0.230 e. The summed E-state index contributed by atoms with van der Waals surface area (Å²) < 4.78 is 1.85. The van der Waals surface area contributed by atoms with Crippen LogP contribution in [0, 0.1) is 0 Å². The summed E-state index contributed by atoms with van der Waals surface area (Å²) in [5.74, 6) is -0.0289. The van der Waals surface area contributed by atoms with E-state index in [2.05, 4.69) is 10.3 Å². The minimum atomic E-state index is -0.594. The normalized spacial score (nSPS) is 11.6. The van der Waals surface area contributed by atoms with Crippen LogP contribution in [0.4, 0.5) is 0 Å². The molecule has 4 nitrogen and oxygen atoms in total. The van der Waals surface area contributed by atoms with Crippen LogP contribution in [0.2, 0.25) is 5.02 Å². The first kappa shape index (κ1) is 15.6. The maximum absolute atomic E-state index is 12.5. The average molecular weight is 328 g/mol. The number of nitrogens with zero attached hydrogens (tertiary/aromatic N) is 2. The van der Waals surface area contributed by atoms with Crippen molar-refractivity contribution in [3.8, 4) is 0 Å². The molecule has 0 bridgehead atoms. The summed E-state index contributed by atoms with van der Waals surface area (Å²) in [5, 5.41) is 3.61. The molecule has 2 aromatic heterocycles. The van der Waals surface area contributed by atoms with Gasteiger partial charge in [0.2, 0.25) is 5.91 Å². The van der Waals surface area contributed by atoms with Crippen molar-refractivity contribution >= 4 is 23.2 Å². The highest BCUT2D eigenvalue weighted by molar-refractivity contribution is 6.30. The van der Waals surface area contributed by atoms with Gasteiger partial charge in [-0.25, -0.2) is 4.98 Å². The van der Waals surface area contributed by atoms with Crippen LogP contribution in [0.15, 0.2) is 54.9 Å². The summed E-state index contributed by atoms with van der Waals surface area (Å²) in [6.45, 7) is 4.22. The van der Waals surface area contributed by atoms with Crippen molar-refractivity contribution in [2.45, 2.75) is 25.8 Å². The van der Waals surface area contributed by atoms with Crippen LogP contribution >= 0.6 is 11.6 Å². The highest BCUT2D eigenvalue weighted by Gasteiger charge is 2.29. The van der Waals surface area contributed by atoms with Crippen LogP contribution in [0.25, 0.3) is 5.65 Å². The fourth-order valence-electron chi connectivity index (χ4n) is 2.48. The molecule has 3 rings (SSSR count). The Kier molecular flexibility index (Phi) is 4.09. The number of hydrogen-bond donors (Lipinski definition) is 1. The fourth-order valence-corrected chi connectivity index (χ4v) is 2.65. The van der Waals surface area contributed by atoms with Gasteiger partial charge in [0.15, 0.2) is 0 Å².